The molecule has 34 heavy (non-hydrogen) atoms. The molecule has 0 saturated carbocycles. The van der Waals surface area contributed by atoms with Crippen molar-refractivity contribution in [3.8, 4) is 6.07 Å². The van der Waals surface area contributed by atoms with Gasteiger partial charge in [-0.3, -0.25) is 15.1 Å². The number of allylic oxidation sites excluding steroid dienone is 1. The number of nitriles is 1. The molecule has 1 aliphatic rings. The summed E-state index contributed by atoms with van der Waals surface area (Å²) in [5, 5.41) is 15.3. The molecule has 0 aromatic heterocycles. The van der Waals surface area contributed by atoms with Gasteiger partial charge in [-0.15, -0.1) is 0 Å². The van der Waals surface area contributed by atoms with Crippen molar-refractivity contribution in [2.45, 2.75) is 39.5 Å². The maximum atomic E-state index is 14.8. The maximum absolute atomic E-state index is 14.8. The molecule has 6 nitrogen and oxygen atoms in total. The molecule has 0 spiro atoms. The van der Waals surface area contributed by atoms with Gasteiger partial charge in [-0.25, -0.2) is 4.39 Å². The van der Waals surface area contributed by atoms with Gasteiger partial charge in [0, 0.05) is 17.7 Å². The summed E-state index contributed by atoms with van der Waals surface area (Å²) < 4.78 is 14.8. The van der Waals surface area contributed by atoms with Crippen molar-refractivity contribution in [2.75, 3.05) is 19.6 Å². The van der Waals surface area contributed by atoms with Gasteiger partial charge in [0.2, 0.25) is 0 Å². The van der Waals surface area contributed by atoms with E-state index in [1.165, 1.54) is 12.1 Å². The van der Waals surface area contributed by atoms with Crippen molar-refractivity contribution >= 4 is 17.9 Å². The Bertz CT molecular complexity index is 1130. The number of rotatable bonds is 7. The number of amides is 1. The fourth-order valence-corrected chi connectivity index (χ4v) is 4.28. The predicted octanol–water partition coefficient (Wildman–Crippen LogP) is 3.87. The highest BCUT2D eigenvalue weighted by Crippen LogP contribution is 2.22. The summed E-state index contributed by atoms with van der Waals surface area (Å²) in [5.74, 6) is -0.424. The molecule has 1 saturated heterocycles. The second-order valence-electron chi connectivity index (χ2n) is 8.60. The molecule has 0 aliphatic carbocycles. The number of guanidine groups is 1. The third-order valence-corrected chi connectivity index (χ3v) is 6.26. The van der Waals surface area contributed by atoms with Crippen molar-refractivity contribution in [3.63, 3.8) is 0 Å². The molecular formula is C27H32FN5O. The van der Waals surface area contributed by atoms with Gasteiger partial charge in [-0.1, -0.05) is 18.2 Å². The Morgan fingerprint density at radius 1 is 1.32 bits per heavy atom. The number of hydrogen-bond acceptors (Lipinski definition) is 4. The zero-order chi connectivity index (χ0) is 24.5. The number of nitrogens with zero attached hydrogens (tertiary/aromatic N) is 2. The lowest BCUT2D eigenvalue weighted by molar-refractivity contribution is 0.0975. The number of piperidine rings is 1. The summed E-state index contributed by atoms with van der Waals surface area (Å²) in [6, 6.07) is 10.3. The average Bonchev–Trinajstić information content (AvgIpc) is 2.84. The van der Waals surface area contributed by atoms with E-state index in [4.69, 9.17) is 5.73 Å². The van der Waals surface area contributed by atoms with E-state index in [1.54, 1.807) is 6.07 Å². The van der Waals surface area contributed by atoms with Crippen LogP contribution in [-0.2, 0) is 12.8 Å². The topological polar surface area (TPSA) is 103 Å². The van der Waals surface area contributed by atoms with E-state index >= 15 is 0 Å². The van der Waals surface area contributed by atoms with Crippen LogP contribution in [0.4, 0.5) is 4.39 Å². The highest BCUT2D eigenvalue weighted by Gasteiger charge is 2.18. The first-order valence-electron chi connectivity index (χ1n) is 11.7. The van der Waals surface area contributed by atoms with E-state index in [0.717, 1.165) is 42.6 Å². The van der Waals surface area contributed by atoms with E-state index in [-0.39, 0.29) is 11.5 Å². The molecule has 0 bridgehead atoms. The summed E-state index contributed by atoms with van der Waals surface area (Å²) >= 11 is 0. The summed E-state index contributed by atoms with van der Waals surface area (Å²) in [6.07, 6.45) is 6.73. The van der Waals surface area contributed by atoms with Crippen LogP contribution in [0.1, 0.15) is 57.9 Å². The van der Waals surface area contributed by atoms with Gasteiger partial charge in [0.15, 0.2) is 5.96 Å². The van der Waals surface area contributed by atoms with E-state index < -0.39 is 11.7 Å². The average molecular weight is 462 g/mol. The lowest BCUT2D eigenvalue weighted by Crippen LogP contribution is -2.38. The van der Waals surface area contributed by atoms with Crippen LogP contribution >= 0.6 is 0 Å². The number of carbonyl (C=O) groups is 1. The molecule has 1 aliphatic heterocycles. The van der Waals surface area contributed by atoms with E-state index in [9.17, 15) is 14.4 Å². The molecule has 2 aromatic rings. The van der Waals surface area contributed by atoms with Gasteiger partial charge in [0.05, 0.1) is 11.6 Å². The van der Waals surface area contributed by atoms with Crippen LogP contribution in [0.2, 0.25) is 0 Å². The monoisotopic (exact) mass is 461 g/mol. The van der Waals surface area contributed by atoms with E-state index in [2.05, 4.69) is 21.7 Å². The molecule has 3 rings (SSSR count). The van der Waals surface area contributed by atoms with Crippen LogP contribution < -0.4 is 16.4 Å². The van der Waals surface area contributed by atoms with Crippen molar-refractivity contribution < 1.29 is 9.18 Å². The molecule has 2 aromatic carbocycles. The fraction of sp³-hybridized carbons (Fsp3) is 0.370. The summed E-state index contributed by atoms with van der Waals surface area (Å²) in [4.78, 5) is 17.2. The first-order chi connectivity index (χ1) is 16.4. The van der Waals surface area contributed by atoms with Crippen LogP contribution in [-0.4, -0.2) is 31.5 Å². The smallest absolute Gasteiger partial charge is 0.258 e. The highest BCUT2D eigenvalue weighted by molar-refractivity contribution is 6.06. The standard InChI is InChI=1S/C27H32FN5O/c1-3-5-21-14-20(16-29)15-22(18(21)2)8-9-23-24(6-4-7-25(23)28)26(34)33-27(30)32-17-19-10-12-31-13-11-19/h3-7,14-15,19,31H,8-13,17H2,1-2H3,(H3,30,32,33,34)/b5-3-. The van der Waals surface area contributed by atoms with Crippen molar-refractivity contribution in [1.29, 1.82) is 5.26 Å². The van der Waals surface area contributed by atoms with Crippen molar-refractivity contribution in [2.24, 2.45) is 16.6 Å². The quantitative estimate of drug-likeness (QED) is 0.430. The molecular weight excluding hydrogens is 429 g/mol. The van der Waals surface area contributed by atoms with Gasteiger partial charge in [-0.2, -0.15) is 5.26 Å². The minimum Gasteiger partial charge on any atom is -0.370 e. The maximum Gasteiger partial charge on any atom is 0.258 e. The Hall–Kier alpha value is -3.50. The molecule has 0 unspecified atom stereocenters. The number of nitrogens with one attached hydrogen (secondary N) is 2. The zero-order valence-electron chi connectivity index (χ0n) is 19.8. The normalized spacial score (nSPS) is 14.8. The van der Waals surface area contributed by atoms with Crippen LogP contribution in [0.5, 0.6) is 0 Å². The van der Waals surface area contributed by atoms with Crippen LogP contribution in [0.3, 0.4) is 0 Å². The molecule has 1 fully saturated rings. The second kappa shape index (κ2) is 12.1. The number of carbonyl (C=O) groups excluding carboxylic acids is 1. The number of nitrogens with two attached hydrogens (primary N) is 1. The zero-order valence-corrected chi connectivity index (χ0v) is 19.8. The first kappa shape index (κ1) is 25.1. The van der Waals surface area contributed by atoms with Crippen LogP contribution in [0.15, 0.2) is 41.4 Å². The Morgan fingerprint density at radius 2 is 2.09 bits per heavy atom. The SMILES string of the molecule is C/C=C\c1cc(C#N)cc(CCc2c(F)cccc2C(=O)NC(N)=NCC2CCNCC2)c1C. The third kappa shape index (κ3) is 6.52. The molecule has 4 N–H and O–H groups in total. The number of aliphatic imine (C=N–C) groups is 1. The molecule has 178 valence electrons. The molecule has 0 atom stereocenters. The Labute approximate surface area is 200 Å². The summed E-state index contributed by atoms with van der Waals surface area (Å²) in [5.41, 5.74) is 10.0. The van der Waals surface area contributed by atoms with Gasteiger partial charge in [0.1, 0.15) is 5.82 Å². The van der Waals surface area contributed by atoms with Gasteiger partial charge in [0.25, 0.3) is 5.91 Å². The molecule has 7 heteroatoms. The first-order valence-corrected chi connectivity index (χ1v) is 11.7. The second-order valence-corrected chi connectivity index (χ2v) is 8.60. The number of hydrogen-bond donors (Lipinski definition) is 3. The summed E-state index contributed by atoms with van der Waals surface area (Å²) in [6.45, 7) is 6.40. The van der Waals surface area contributed by atoms with Crippen LogP contribution in [0, 0.1) is 30.0 Å². The lowest BCUT2D eigenvalue weighted by Gasteiger charge is -2.20. The van der Waals surface area contributed by atoms with Crippen molar-refractivity contribution in [1.82, 2.24) is 10.6 Å². The Morgan fingerprint density at radius 3 is 2.79 bits per heavy atom. The molecule has 0 radical (unpaired) electrons. The van der Waals surface area contributed by atoms with Crippen molar-refractivity contribution in [3.05, 3.63) is 75.6 Å². The van der Waals surface area contributed by atoms with Crippen LogP contribution in [0.25, 0.3) is 6.08 Å². The largest absolute Gasteiger partial charge is 0.370 e. The molecule has 1 amide bonds. The highest BCUT2D eigenvalue weighted by atomic mass is 19.1. The van der Waals surface area contributed by atoms with E-state index in [0.29, 0.717) is 36.4 Å². The fourth-order valence-electron chi connectivity index (χ4n) is 4.28. The molecule has 1 heterocycles. The predicted molar refractivity (Wildman–Crippen MR) is 134 cm³/mol. The number of halogens is 1. The Balaban J connectivity index is 1.75. The number of aryl methyl sites for hydroxylation is 1. The third-order valence-electron chi connectivity index (χ3n) is 6.26. The minimum absolute atomic E-state index is 0.0484. The minimum atomic E-state index is -0.474. The van der Waals surface area contributed by atoms with Gasteiger partial charge in [-0.05, 0) is 99.5 Å². The van der Waals surface area contributed by atoms with Gasteiger partial charge < -0.3 is 11.1 Å². The Kier molecular flexibility index (Phi) is 8.94. The summed E-state index contributed by atoms with van der Waals surface area (Å²) in [7, 11) is 0. The van der Waals surface area contributed by atoms with E-state index in [1.807, 2.05) is 38.1 Å². The van der Waals surface area contributed by atoms with Gasteiger partial charge >= 0.3 is 0 Å². The number of benzene rings is 2. The lowest BCUT2D eigenvalue weighted by atomic mass is 9.92.